The summed E-state index contributed by atoms with van der Waals surface area (Å²) in [6.45, 7) is 0.608. The molecule has 1 heterocycles. The second-order valence-corrected chi connectivity index (χ2v) is 5.39. The fourth-order valence-electron chi connectivity index (χ4n) is 2.34. The van der Waals surface area contributed by atoms with Crippen LogP contribution < -0.4 is 5.73 Å². The van der Waals surface area contributed by atoms with Crippen LogP contribution in [0.2, 0.25) is 0 Å². The number of thiazole rings is 1. The van der Waals surface area contributed by atoms with Gasteiger partial charge in [0.05, 0.1) is 5.01 Å². The lowest BCUT2D eigenvalue weighted by atomic mass is 10.1. The second kappa shape index (κ2) is 4.00. The fourth-order valence-corrected chi connectivity index (χ4v) is 3.24. The highest BCUT2D eigenvalue weighted by atomic mass is 32.1. The van der Waals surface area contributed by atoms with Crippen LogP contribution in [-0.4, -0.2) is 4.98 Å². The van der Waals surface area contributed by atoms with Crippen LogP contribution in [0, 0.1) is 0 Å². The van der Waals surface area contributed by atoms with Crippen LogP contribution in [0.25, 0.3) is 0 Å². The molecule has 3 heteroatoms. The van der Waals surface area contributed by atoms with Gasteiger partial charge in [0.2, 0.25) is 0 Å². The lowest BCUT2D eigenvalue weighted by molar-refractivity contribution is 0.734. The molecule has 1 aliphatic rings. The molecule has 82 valence electrons. The third-order valence-electron chi connectivity index (χ3n) is 3.17. The molecule has 0 bridgehead atoms. The molecule has 0 radical (unpaired) electrons. The molecule has 1 aliphatic carbocycles. The van der Waals surface area contributed by atoms with Crippen LogP contribution in [0.4, 0.5) is 0 Å². The monoisotopic (exact) mass is 230 g/mol. The van der Waals surface area contributed by atoms with Crippen LogP contribution in [0.5, 0.6) is 0 Å². The molecule has 16 heavy (non-hydrogen) atoms. The van der Waals surface area contributed by atoms with Gasteiger partial charge in [-0.3, -0.25) is 0 Å². The van der Waals surface area contributed by atoms with E-state index in [1.54, 1.807) is 11.3 Å². The van der Waals surface area contributed by atoms with Gasteiger partial charge in [-0.1, -0.05) is 24.3 Å². The number of hydrogen-bond donors (Lipinski definition) is 1. The zero-order valence-electron chi connectivity index (χ0n) is 9.02. The Morgan fingerprint density at radius 3 is 2.50 bits per heavy atom. The predicted octanol–water partition coefficient (Wildman–Crippen LogP) is 2.48. The van der Waals surface area contributed by atoms with Gasteiger partial charge in [-0.05, 0) is 24.0 Å². The van der Waals surface area contributed by atoms with E-state index in [2.05, 4.69) is 29.2 Å². The first-order valence-corrected chi connectivity index (χ1v) is 6.40. The van der Waals surface area contributed by atoms with E-state index < -0.39 is 0 Å². The molecule has 0 saturated carbocycles. The molecule has 0 fully saturated rings. The summed E-state index contributed by atoms with van der Waals surface area (Å²) in [4.78, 5) is 5.68. The van der Waals surface area contributed by atoms with Crippen molar-refractivity contribution in [2.45, 2.75) is 25.3 Å². The van der Waals surface area contributed by atoms with Gasteiger partial charge in [-0.2, -0.15) is 0 Å². The molecule has 1 aromatic carbocycles. The fraction of sp³-hybridized carbons (Fsp3) is 0.308. The molecule has 0 aliphatic heterocycles. The lowest BCUT2D eigenvalue weighted by Crippen LogP contribution is -1.96. The Kier molecular flexibility index (Phi) is 2.50. The van der Waals surface area contributed by atoms with E-state index in [-0.39, 0.29) is 0 Å². The Hall–Kier alpha value is -1.19. The predicted molar refractivity (Wildman–Crippen MR) is 66.6 cm³/mol. The number of rotatable bonds is 2. The minimum Gasteiger partial charge on any atom is -0.326 e. The molecule has 2 nitrogen and oxygen atoms in total. The van der Waals surface area contributed by atoms with Crippen molar-refractivity contribution in [1.82, 2.24) is 4.98 Å². The average molecular weight is 230 g/mol. The zero-order chi connectivity index (χ0) is 11.0. The molecule has 0 saturated heterocycles. The van der Waals surface area contributed by atoms with E-state index in [0.29, 0.717) is 12.5 Å². The topological polar surface area (TPSA) is 38.9 Å². The van der Waals surface area contributed by atoms with Crippen LogP contribution in [0.15, 0.2) is 30.5 Å². The minimum absolute atomic E-state index is 0.572. The molecular formula is C13H14N2S. The number of aromatic nitrogens is 1. The van der Waals surface area contributed by atoms with Crippen molar-refractivity contribution in [3.8, 4) is 0 Å². The third-order valence-corrected chi connectivity index (χ3v) is 4.36. The molecule has 2 aromatic rings. The first-order valence-electron chi connectivity index (χ1n) is 5.58. The average Bonchev–Trinajstić information content (AvgIpc) is 2.95. The van der Waals surface area contributed by atoms with Crippen molar-refractivity contribution in [3.05, 3.63) is 51.5 Å². The SMILES string of the molecule is NCc1cnc(C2Cc3ccccc3C2)s1. The van der Waals surface area contributed by atoms with Gasteiger partial charge in [-0.25, -0.2) is 4.98 Å². The Morgan fingerprint density at radius 2 is 1.94 bits per heavy atom. The summed E-state index contributed by atoms with van der Waals surface area (Å²) in [5.41, 5.74) is 8.58. The van der Waals surface area contributed by atoms with E-state index in [0.717, 1.165) is 12.8 Å². The number of hydrogen-bond acceptors (Lipinski definition) is 3. The maximum absolute atomic E-state index is 5.62. The smallest absolute Gasteiger partial charge is 0.0965 e. The Balaban J connectivity index is 1.85. The summed E-state index contributed by atoms with van der Waals surface area (Å²) in [5, 5.41) is 1.25. The zero-order valence-corrected chi connectivity index (χ0v) is 9.83. The molecule has 0 amide bonds. The van der Waals surface area contributed by atoms with E-state index in [4.69, 9.17) is 5.73 Å². The Labute approximate surface area is 99.1 Å². The molecule has 3 rings (SSSR count). The third kappa shape index (κ3) is 1.66. The van der Waals surface area contributed by atoms with Crippen molar-refractivity contribution >= 4 is 11.3 Å². The summed E-state index contributed by atoms with van der Waals surface area (Å²) >= 11 is 1.76. The van der Waals surface area contributed by atoms with Crippen molar-refractivity contribution in [3.63, 3.8) is 0 Å². The Bertz CT molecular complexity index is 479. The van der Waals surface area contributed by atoms with Gasteiger partial charge in [-0.15, -0.1) is 11.3 Å². The maximum Gasteiger partial charge on any atom is 0.0965 e. The molecule has 0 spiro atoms. The standard InChI is InChI=1S/C13H14N2S/c14-7-12-8-15-13(16-12)11-5-9-3-1-2-4-10(9)6-11/h1-4,8,11H,5-7,14H2. The summed E-state index contributed by atoms with van der Waals surface area (Å²) < 4.78 is 0. The van der Waals surface area contributed by atoms with Crippen molar-refractivity contribution in [1.29, 1.82) is 0 Å². The quantitative estimate of drug-likeness (QED) is 0.861. The summed E-state index contributed by atoms with van der Waals surface area (Å²) in [6.07, 6.45) is 4.18. The molecular weight excluding hydrogens is 216 g/mol. The lowest BCUT2D eigenvalue weighted by Gasteiger charge is -2.02. The van der Waals surface area contributed by atoms with Gasteiger partial charge in [0.15, 0.2) is 0 Å². The van der Waals surface area contributed by atoms with Crippen molar-refractivity contribution < 1.29 is 0 Å². The number of fused-ring (bicyclic) bond motifs is 1. The highest BCUT2D eigenvalue weighted by Gasteiger charge is 2.24. The normalized spacial score (nSPS) is 15.3. The number of nitrogens with zero attached hydrogens (tertiary/aromatic N) is 1. The van der Waals surface area contributed by atoms with Gasteiger partial charge in [0.25, 0.3) is 0 Å². The van der Waals surface area contributed by atoms with Crippen LogP contribution in [-0.2, 0) is 19.4 Å². The van der Waals surface area contributed by atoms with E-state index in [1.807, 2.05) is 6.20 Å². The molecule has 0 unspecified atom stereocenters. The molecule has 1 aromatic heterocycles. The summed E-state index contributed by atoms with van der Waals surface area (Å²) in [7, 11) is 0. The van der Waals surface area contributed by atoms with Gasteiger partial charge < -0.3 is 5.73 Å². The maximum atomic E-state index is 5.62. The van der Waals surface area contributed by atoms with E-state index in [9.17, 15) is 0 Å². The molecule has 2 N–H and O–H groups in total. The number of nitrogens with two attached hydrogens (primary N) is 1. The van der Waals surface area contributed by atoms with Gasteiger partial charge >= 0.3 is 0 Å². The van der Waals surface area contributed by atoms with Crippen LogP contribution >= 0.6 is 11.3 Å². The first-order chi connectivity index (χ1) is 7.86. The van der Waals surface area contributed by atoms with E-state index in [1.165, 1.54) is 21.0 Å². The summed E-state index contributed by atoms with van der Waals surface area (Å²) in [6, 6.07) is 8.70. The second-order valence-electron chi connectivity index (χ2n) is 4.24. The number of benzene rings is 1. The van der Waals surface area contributed by atoms with Crippen LogP contribution in [0.1, 0.15) is 26.9 Å². The van der Waals surface area contributed by atoms with Gasteiger partial charge in [0, 0.05) is 23.5 Å². The van der Waals surface area contributed by atoms with Crippen molar-refractivity contribution in [2.24, 2.45) is 5.73 Å². The van der Waals surface area contributed by atoms with Crippen LogP contribution in [0.3, 0.4) is 0 Å². The summed E-state index contributed by atoms with van der Waals surface area (Å²) in [5.74, 6) is 0.572. The highest BCUT2D eigenvalue weighted by molar-refractivity contribution is 7.11. The highest BCUT2D eigenvalue weighted by Crippen LogP contribution is 2.35. The van der Waals surface area contributed by atoms with E-state index >= 15 is 0 Å². The Morgan fingerprint density at radius 1 is 1.25 bits per heavy atom. The van der Waals surface area contributed by atoms with Crippen molar-refractivity contribution in [2.75, 3.05) is 0 Å². The first kappa shape index (κ1) is 10.00. The minimum atomic E-state index is 0.572. The molecule has 0 atom stereocenters. The van der Waals surface area contributed by atoms with Gasteiger partial charge in [0.1, 0.15) is 0 Å². The largest absolute Gasteiger partial charge is 0.326 e.